The van der Waals surface area contributed by atoms with E-state index in [1.807, 2.05) is 0 Å². The number of Topliss-reactive ketones (excluding diaryl/α,β-unsaturated/α-hetero) is 1. The van der Waals surface area contributed by atoms with Crippen LogP contribution in [0.4, 0.5) is 0 Å². The van der Waals surface area contributed by atoms with Gasteiger partial charge < -0.3 is 67.7 Å². The maximum atomic E-state index is 13.5. The van der Waals surface area contributed by atoms with Crippen LogP contribution in [0, 0.1) is 0 Å². The molecule has 2 saturated heterocycles. The molecular formula is C32H38ClNO13. The number of benzene rings is 2. The number of nitrogens with two attached hydrogens (primary N) is 1. The smallest absolute Gasteiger partial charge is 1.00 e. The highest BCUT2D eigenvalue weighted by molar-refractivity contribution is 6.30. The number of halogens is 1. The van der Waals surface area contributed by atoms with Gasteiger partial charge in [0.2, 0.25) is 0 Å². The van der Waals surface area contributed by atoms with Crippen LogP contribution in [0.2, 0.25) is 0 Å². The fourth-order valence-corrected chi connectivity index (χ4v) is 7.00. The Morgan fingerprint density at radius 1 is 0.979 bits per heavy atom. The van der Waals surface area contributed by atoms with Gasteiger partial charge in [0.15, 0.2) is 29.9 Å². The fourth-order valence-electron chi connectivity index (χ4n) is 7.00. The first-order valence-corrected chi connectivity index (χ1v) is 15.1. The fraction of sp³-hybridized carbons (Fsp3) is 0.531. The lowest BCUT2D eigenvalue weighted by Gasteiger charge is -2.44. The molecule has 2 fully saturated rings. The zero-order chi connectivity index (χ0) is 33.2. The zero-order valence-corrected chi connectivity index (χ0v) is 26.3. The number of rotatable bonds is 6. The number of hydrogen-bond donors (Lipinski definition) is 7. The summed E-state index contributed by atoms with van der Waals surface area (Å²) < 4.78 is 23.8. The third-order valence-corrected chi connectivity index (χ3v) is 9.45. The molecule has 0 radical (unpaired) electrons. The average molecular weight is 680 g/mol. The van der Waals surface area contributed by atoms with Crippen LogP contribution in [-0.2, 0) is 30.2 Å². The van der Waals surface area contributed by atoms with Crippen LogP contribution in [0.15, 0.2) is 24.3 Å². The number of carbonyl (C=O) groups is 3. The van der Waals surface area contributed by atoms with Crippen LogP contribution in [0.1, 0.15) is 83.6 Å². The van der Waals surface area contributed by atoms with Crippen molar-refractivity contribution in [2.75, 3.05) is 6.61 Å². The van der Waals surface area contributed by atoms with Gasteiger partial charge in [0, 0.05) is 54.0 Å². The predicted molar refractivity (Wildman–Crippen MR) is 156 cm³/mol. The number of aromatic hydroxyl groups is 2. The Bertz CT molecular complexity index is 1570. The largest absolute Gasteiger partial charge is 1.00 e. The SMILES string of the molecule is C[C@@H]1O[C@@H](O[C@@H]2[C@H](C)O[C@@H](O[C@H]3C[C@](O)(C(=O)CO)Cc4c(O)c5c(c(O)c43)C(=O)c3ccccc3C5=O)C[C@@H]2O)C[C@H](N)[C@@H]1O.[Cl-].[H+]. The summed E-state index contributed by atoms with van der Waals surface area (Å²) in [4.78, 5) is 39.7. The highest BCUT2D eigenvalue weighted by Gasteiger charge is 2.50. The summed E-state index contributed by atoms with van der Waals surface area (Å²) in [5, 5.41) is 65.1. The molecule has 2 heterocycles. The Labute approximate surface area is 276 Å². The molecule has 0 unspecified atom stereocenters. The number of aliphatic hydroxyl groups is 4. The molecule has 0 aromatic heterocycles. The summed E-state index contributed by atoms with van der Waals surface area (Å²) in [7, 11) is 0. The second-order valence-corrected chi connectivity index (χ2v) is 12.5. The van der Waals surface area contributed by atoms with Crippen LogP contribution in [-0.4, -0.2) is 109 Å². The molecular weight excluding hydrogens is 642 g/mol. The van der Waals surface area contributed by atoms with E-state index in [9.17, 15) is 45.0 Å². The van der Waals surface area contributed by atoms with Crippen LogP contribution in [0.25, 0.3) is 0 Å². The van der Waals surface area contributed by atoms with E-state index >= 15 is 0 Å². The van der Waals surface area contributed by atoms with Gasteiger partial charge >= 0.3 is 1.43 Å². The molecule has 8 N–H and O–H groups in total. The quantitative estimate of drug-likeness (QED) is 0.129. The summed E-state index contributed by atoms with van der Waals surface area (Å²) in [5.74, 6) is -3.80. The minimum absolute atomic E-state index is 0. The van der Waals surface area contributed by atoms with E-state index in [1.165, 1.54) is 12.1 Å². The Morgan fingerprint density at radius 2 is 1.55 bits per heavy atom. The van der Waals surface area contributed by atoms with E-state index in [2.05, 4.69) is 0 Å². The molecule has 256 valence electrons. The number of hydrogen-bond acceptors (Lipinski definition) is 14. The van der Waals surface area contributed by atoms with Crippen LogP contribution < -0.4 is 18.1 Å². The van der Waals surface area contributed by atoms with Gasteiger partial charge in [-0.15, -0.1) is 0 Å². The Kier molecular flexibility index (Phi) is 9.85. The topological polar surface area (TPSA) is 236 Å². The Hall–Kier alpha value is -3.02. The third kappa shape index (κ3) is 5.97. The normalized spacial score (nSPS) is 34.9. The number of carbonyl (C=O) groups excluding carboxylic acids is 3. The Morgan fingerprint density at radius 3 is 2.13 bits per heavy atom. The molecule has 4 aliphatic rings. The van der Waals surface area contributed by atoms with Crippen molar-refractivity contribution >= 4 is 17.3 Å². The number of ketones is 3. The number of ether oxygens (including phenoxy) is 4. The Balaban J connectivity index is 0.00000260. The van der Waals surface area contributed by atoms with Crippen molar-refractivity contribution in [3.8, 4) is 11.5 Å². The third-order valence-electron chi connectivity index (χ3n) is 9.45. The molecule has 2 aliphatic carbocycles. The maximum absolute atomic E-state index is 13.5. The monoisotopic (exact) mass is 679 g/mol. The predicted octanol–water partition coefficient (Wildman–Crippen LogP) is -3.01. The second-order valence-electron chi connectivity index (χ2n) is 12.5. The minimum Gasteiger partial charge on any atom is -1.00 e. The van der Waals surface area contributed by atoms with Gasteiger partial charge in [0.25, 0.3) is 0 Å². The number of aliphatic hydroxyl groups excluding tert-OH is 3. The molecule has 2 aromatic carbocycles. The molecule has 2 aliphatic heterocycles. The van der Waals surface area contributed by atoms with Crippen molar-refractivity contribution in [3.05, 3.63) is 57.6 Å². The number of phenols is 2. The zero-order valence-electron chi connectivity index (χ0n) is 26.5. The standard InChI is InChI=1S/C32H37NO13.ClH/c1-12-26(37)17(33)7-21(43-12)46-31-13(2)44-22(8-18(31)35)45-19-10-32(42,20(36)11-34)9-16-23(19)30(41)25-24(29(16)40)27(38)14-5-3-4-6-15(14)28(25)39;/h3-6,12-13,17-19,21-22,26,31,34-35,37,40-42H,7-11,33H2,1-2H3;1H/t12-,13-,17-,18-,19-,21-,22-,26+,31+,32-;/m0./s1. The first-order chi connectivity index (χ1) is 21.7. The number of fused-ring (bicyclic) bond motifs is 3. The second kappa shape index (κ2) is 13.1. The summed E-state index contributed by atoms with van der Waals surface area (Å²) in [5.41, 5.74) is 2.51. The average Bonchev–Trinajstić information content (AvgIpc) is 3.01. The summed E-state index contributed by atoms with van der Waals surface area (Å²) in [6.45, 7) is 2.23. The van der Waals surface area contributed by atoms with Gasteiger partial charge in [-0.1, -0.05) is 24.3 Å². The molecule has 0 spiro atoms. The molecule has 0 saturated carbocycles. The van der Waals surface area contributed by atoms with Crippen molar-refractivity contribution in [3.63, 3.8) is 0 Å². The van der Waals surface area contributed by atoms with E-state index in [0.29, 0.717) is 0 Å². The molecule has 14 nitrogen and oxygen atoms in total. The van der Waals surface area contributed by atoms with Crippen LogP contribution in [0.3, 0.4) is 0 Å². The molecule has 47 heavy (non-hydrogen) atoms. The lowest BCUT2D eigenvalue weighted by Crippen LogP contribution is -3.00. The van der Waals surface area contributed by atoms with E-state index in [1.54, 1.807) is 26.0 Å². The van der Waals surface area contributed by atoms with Crippen LogP contribution in [0.5, 0.6) is 11.5 Å². The van der Waals surface area contributed by atoms with Crippen molar-refractivity contribution in [2.24, 2.45) is 5.73 Å². The van der Waals surface area contributed by atoms with Crippen LogP contribution >= 0.6 is 0 Å². The van der Waals surface area contributed by atoms with Crippen molar-refractivity contribution in [1.29, 1.82) is 0 Å². The van der Waals surface area contributed by atoms with Gasteiger partial charge in [-0.05, 0) is 13.8 Å². The lowest BCUT2D eigenvalue weighted by atomic mass is 9.72. The first kappa shape index (κ1) is 35.3. The summed E-state index contributed by atoms with van der Waals surface area (Å²) in [6, 6.07) is 5.34. The van der Waals surface area contributed by atoms with Gasteiger partial charge in [0.05, 0.1) is 41.6 Å². The molecule has 15 heteroatoms. The van der Waals surface area contributed by atoms with Crippen molar-refractivity contribution in [2.45, 2.75) is 100 Å². The van der Waals surface area contributed by atoms with E-state index in [4.69, 9.17) is 24.7 Å². The molecule has 10 atom stereocenters. The number of phenolic OH excluding ortho intramolecular Hbond substituents is 2. The molecule has 0 amide bonds. The van der Waals surface area contributed by atoms with Gasteiger partial charge in [0.1, 0.15) is 29.8 Å². The highest BCUT2D eigenvalue weighted by Crippen LogP contribution is 2.52. The van der Waals surface area contributed by atoms with E-state index in [-0.39, 0.29) is 48.9 Å². The van der Waals surface area contributed by atoms with Gasteiger partial charge in [-0.2, -0.15) is 0 Å². The van der Waals surface area contributed by atoms with Crippen molar-refractivity contribution < 1.29 is 77.8 Å². The molecule has 0 bridgehead atoms. The first-order valence-electron chi connectivity index (χ1n) is 15.1. The van der Waals surface area contributed by atoms with E-state index < -0.39 is 120 Å². The maximum Gasteiger partial charge on any atom is 1.00 e. The minimum atomic E-state index is -2.28. The summed E-state index contributed by atoms with van der Waals surface area (Å²) >= 11 is 0. The van der Waals surface area contributed by atoms with E-state index in [0.717, 1.165) is 0 Å². The van der Waals surface area contributed by atoms with Gasteiger partial charge in [-0.3, -0.25) is 14.4 Å². The summed E-state index contributed by atoms with van der Waals surface area (Å²) in [6.07, 6.45) is -8.83. The molecule has 2 aromatic rings. The highest BCUT2D eigenvalue weighted by atomic mass is 35.5. The van der Waals surface area contributed by atoms with Crippen molar-refractivity contribution in [1.82, 2.24) is 0 Å². The lowest BCUT2D eigenvalue weighted by molar-refractivity contribution is -0.311. The van der Waals surface area contributed by atoms with Gasteiger partial charge in [-0.25, -0.2) is 0 Å². The molecule has 6 rings (SSSR count).